The maximum atomic E-state index is 13.3. The van der Waals surface area contributed by atoms with Gasteiger partial charge in [-0.3, -0.25) is 9.59 Å². The van der Waals surface area contributed by atoms with Gasteiger partial charge in [0, 0.05) is 12.8 Å². The average molecular weight is 500 g/mol. The van der Waals surface area contributed by atoms with Crippen LogP contribution < -0.4 is 0 Å². The predicted molar refractivity (Wildman–Crippen MR) is 104 cm³/mol. The largest absolute Gasteiger partial charge is 0.466 e. The van der Waals surface area contributed by atoms with Crippen LogP contribution in [-0.2, 0) is 19.1 Å². The van der Waals surface area contributed by atoms with Crippen LogP contribution in [-0.4, -0.2) is 49.3 Å². The number of alkyl halides is 8. The van der Waals surface area contributed by atoms with Crippen LogP contribution in [0.3, 0.4) is 0 Å². The van der Waals surface area contributed by atoms with Crippen molar-refractivity contribution in [1.82, 2.24) is 0 Å². The Kier molecular flexibility index (Phi) is 14.6. The summed E-state index contributed by atoms with van der Waals surface area (Å²) >= 11 is 0. The first-order valence-electron chi connectivity index (χ1n) is 11.0. The zero-order valence-electron chi connectivity index (χ0n) is 18.6. The quantitative estimate of drug-likeness (QED) is 0.109. The van der Waals surface area contributed by atoms with Crippen molar-refractivity contribution in [3.63, 3.8) is 0 Å². The molecule has 0 rings (SSSR count). The number of unbranched alkanes of at least 4 members (excludes halogenated alkanes) is 8. The molecule has 0 saturated carbocycles. The van der Waals surface area contributed by atoms with Crippen molar-refractivity contribution in [2.24, 2.45) is 0 Å². The van der Waals surface area contributed by atoms with Crippen molar-refractivity contribution < 1.29 is 54.2 Å². The molecule has 0 aliphatic rings. The van der Waals surface area contributed by atoms with Crippen LogP contribution in [0.5, 0.6) is 0 Å². The highest BCUT2D eigenvalue weighted by Gasteiger charge is 2.75. The van der Waals surface area contributed by atoms with Crippen LogP contribution >= 0.6 is 0 Å². The Morgan fingerprint density at radius 3 is 1.64 bits per heavy atom. The van der Waals surface area contributed by atoms with Crippen LogP contribution in [0.2, 0.25) is 0 Å². The Hall–Kier alpha value is -1.62. The van der Waals surface area contributed by atoms with E-state index in [1.807, 2.05) is 0 Å². The SMILES string of the molecule is CCCCCCCCCCOC(=O)CCCCC(=O)OCC(F)(F)C(F)(F)C(F)(F)C(F)F. The first kappa shape index (κ1) is 31.4. The third kappa shape index (κ3) is 11.4. The molecule has 0 aromatic carbocycles. The molecule has 0 aromatic rings. The van der Waals surface area contributed by atoms with Gasteiger partial charge in [0.1, 0.15) is 0 Å². The predicted octanol–water partition coefficient (Wildman–Crippen LogP) is 6.94. The first-order chi connectivity index (χ1) is 15.3. The van der Waals surface area contributed by atoms with Gasteiger partial charge >= 0.3 is 36.1 Å². The number of hydrogen-bond acceptors (Lipinski definition) is 4. The maximum Gasteiger partial charge on any atom is 0.381 e. The fraction of sp³-hybridized carbons (Fsp3) is 0.905. The smallest absolute Gasteiger partial charge is 0.381 e. The van der Waals surface area contributed by atoms with Gasteiger partial charge in [-0.05, 0) is 19.3 Å². The Bertz CT molecular complexity index is 570. The standard InChI is InChI=1S/C21H32F8O4/c1-2-3-4-5-6-7-8-11-14-32-16(30)12-9-10-13-17(31)33-15-19(24,25)21(28,29)20(26,27)18(22)23/h18H,2-15H2,1H3. The third-order valence-corrected chi connectivity index (χ3v) is 4.84. The zero-order chi connectivity index (χ0) is 25.5. The fourth-order valence-corrected chi connectivity index (χ4v) is 2.75. The van der Waals surface area contributed by atoms with Crippen molar-refractivity contribution in [2.45, 2.75) is 108 Å². The van der Waals surface area contributed by atoms with Crippen molar-refractivity contribution in [1.29, 1.82) is 0 Å². The van der Waals surface area contributed by atoms with Gasteiger partial charge < -0.3 is 9.47 Å². The maximum absolute atomic E-state index is 13.3. The summed E-state index contributed by atoms with van der Waals surface area (Å²) in [6.45, 7) is -0.0937. The number of ether oxygens (including phenoxy) is 2. The van der Waals surface area contributed by atoms with E-state index in [1.165, 1.54) is 25.7 Å². The van der Waals surface area contributed by atoms with Gasteiger partial charge in [0.15, 0.2) is 6.61 Å². The second-order valence-corrected chi connectivity index (χ2v) is 7.77. The van der Waals surface area contributed by atoms with Crippen LogP contribution in [0.25, 0.3) is 0 Å². The number of carbonyl (C=O) groups is 2. The van der Waals surface area contributed by atoms with Gasteiger partial charge in [-0.2, -0.15) is 26.3 Å². The summed E-state index contributed by atoms with van der Waals surface area (Å²) in [5.41, 5.74) is 0. The normalized spacial score (nSPS) is 12.8. The molecule has 0 aromatic heterocycles. The van der Waals surface area contributed by atoms with Gasteiger partial charge in [-0.15, -0.1) is 0 Å². The molecule has 0 atom stereocenters. The molecule has 0 aliphatic heterocycles. The van der Waals surface area contributed by atoms with Crippen molar-refractivity contribution in [3.8, 4) is 0 Å². The van der Waals surface area contributed by atoms with E-state index in [0.717, 1.165) is 25.7 Å². The molecule has 0 bridgehead atoms. The molecular formula is C21H32F8O4. The molecule has 4 nitrogen and oxygen atoms in total. The summed E-state index contributed by atoms with van der Waals surface area (Å²) in [4.78, 5) is 22.9. The second-order valence-electron chi connectivity index (χ2n) is 7.77. The molecule has 0 spiro atoms. The van der Waals surface area contributed by atoms with Gasteiger partial charge in [0.2, 0.25) is 0 Å². The van der Waals surface area contributed by atoms with E-state index in [0.29, 0.717) is 0 Å². The topological polar surface area (TPSA) is 52.6 Å². The lowest BCUT2D eigenvalue weighted by Crippen LogP contribution is -2.59. The molecule has 0 radical (unpaired) electrons. The van der Waals surface area contributed by atoms with E-state index in [1.54, 1.807) is 0 Å². The highest BCUT2D eigenvalue weighted by atomic mass is 19.4. The van der Waals surface area contributed by atoms with E-state index < -0.39 is 49.2 Å². The molecule has 0 amide bonds. The minimum absolute atomic E-state index is 0.0408. The van der Waals surface area contributed by atoms with E-state index in [2.05, 4.69) is 11.7 Å². The van der Waals surface area contributed by atoms with E-state index >= 15 is 0 Å². The number of esters is 2. The number of halogens is 8. The summed E-state index contributed by atoms with van der Waals surface area (Å²) < 4.78 is 111. The summed E-state index contributed by atoms with van der Waals surface area (Å²) in [5.74, 6) is -20.4. The molecule has 12 heteroatoms. The zero-order valence-corrected chi connectivity index (χ0v) is 18.6. The summed E-state index contributed by atoms with van der Waals surface area (Å²) in [7, 11) is 0. The lowest BCUT2D eigenvalue weighted by molar-refractivity contribution is -0.344. The highest BCUT2D eigenvalue weighted by molar-refractivity contribution is 5.70. The monoisotopic (exact) mass is 500 g/mol. The van der Waals surface area contributed by atoms with Crippen molar-refractivity contribution >= 4 is 11.9 Å². The molecule has 0 unspecified atom stereocenters. The number of hydrogen-bond donors (Lipinski definition) is 0. The number of rotatable bonds is 19. The Balaban J connectivity index is 3.98. The van der Waals surface area contributed by atoms with Gasteiger partial charge in [0.25, 0.3) is 0 Å². The van der Waals surface area contributed by atoms with Crippen LogP contribution in [0, 0.1) is 0 Å². The van der Waals surface area contributed by atoms with Crippen molar-refractivity contribution in [3.05, 3.63) is 0 Å². The molecule has 0 saturated heterocycles. The summed E-state index contributed by atoms with van der Waals surface area (Å²) in [6.07, 6.45) is 3.02. The number of carbonyl (C=O) groups excluding carboxylic acids is 2. The van der Waals surface area contributed by atoms with Gasteiger partial charge in [-0.25, -0.2) is 8.78 Å². The minimum atomic E-state index is -6.42. The Morgan fingerprint density at radius 1 is 0.697 bits per heavy atom. The Labute approximate surface area is 188 Å². The van der Waals surface area contributed by atoms with E-state index in [-0.39, 0.29) is 25.9 Å². The Morgan fingerprint density at radius 2 is 1.15 bits per heavy atom. The van der Waals surface area contributed by atoms with E-state index in [9.17, 15) is 44.7 Å². The molecule has 0 aliphatic carbocycles. The lowest BCUT2D eigenvalue weighted by Gasteiger charge is -2.31. The molecule has 0 N–H and O–H groups in total. The molecular weight excluding hydrogens is 468 g/mol. The summed E-state index contributed by atoms with van der Waals surface area (Å²) in [5, 5.41) is 0. The lowest BCUT2D eigenvalue weighted by atomic mass is 10.1. The van der Waals surface area contributed by atoms with Crippen LogP contribution in [0.4, 0.5) is 35.1 Å². The molecule has 0 heterocycles. The summed E-state index contributed by atoms with van der Waals surface area (Å²) in [6, 6.07) is 0. The van der Waals surface area contributed by atoms with Crippen molar-refractivity contribution in [2.75, 3.05) is 13.2 Å². The van der Waals surface area contributed by atoms with Gasteiger partial charge in [0.05, 0.1) is 6.61 Å². The van der Waals surface area contributed by atoms with Crippen LogP contribution in [0.15, 0.2) is 0 Å². The first-order valence-corrected chi connectivity index (χ1v) is 11.0. The van der Waals surface area contributed by atoms with E-state index in [4.69, 9.17) is 4.74 Å². The average Bonchev–Trinajstić information content (AvgIpc) is 2.73. The van der Waals surface area contributed by atoms with Gasteiger partial charge in [-0.1, -0.05) is 51.9 Å². The van der Waals surface area contributed by atoms with Crippen LogP contribution in [0.1, 0.15) is 84.0 Å². The highest BCUT2D eigenvalue weighted by Crippen LogP contribution is 2.48. The molecule has 196 valence electrons. The third-order valence-electron chi connectivity index (χ3n) is 4.84. The second kappa shape index (κ2) is 15.3. The molecule has 33 heavy (non-hydrogen) atoms. The fourth-order valence-electron chi connectivity index (χ4n) is 2.75. The minimum Gasteiger partial charge on any atom is -0.466 e. The molecule has 0 fully saturated rings.